The lowest BCUT2D eigenvalue weighted by Crippen LogP contribution is -2.47. The molecule has 0 atom stereocenters. The maximum Gasteiger partial charge on any atom is 0.330 e. The predicted molar refractivity (Wildman–Crippen MR) is 224 cm³/mol. The number of fused-ring (bicyclic) bond motifs is 1. The molecule has 2 N–H and O–H groups in total. The van der Waals surface area contributed by atoms with Crippen molar-refractivity contribution in [1.29, 1.82) is 0 Å². The Balaban J connectivity index is 1.03. The topological polar surface area (TPSA) is 115 Å². The van der Waals surface area contributed by atoms with Gasteiger partial charge in [-0.1, -0.05) is 57.6 Å². The molecule has 12 nitrogen and oxygen atoms in total. The molecular formula is C44H56N8O4. The van der Waals surface area contributed by atoms with Crippen molar-refractivity contribution in [3.05, 3.63) is 84.1 Å². The zero-order valence-electron chi connectivity index (χ0n) is 33.1. The number of hydrogen-bond acceptors (Lipinski definition) is 9. The number of methoxy groups -OCH3 is 2. The summed E-state index contributed by atoms with van der Waals surface area (Å²) in [4.78, 5) is 44.4. The summed E-state index contributed by atoms with van der Waals surface area (Å²) in [6.07, 6.45) is 13.5. The fourth-order valence-electron chi connectivity index (χ4n) is 8.07. The van der Waals surface area contributed by atoms with E-state index < -0.39 is 0 Å². The average Bonchev–Trinajstić information content (AvgIpc) is 3.51. The molecule has 2 aliphatic heterocycles. The number of hydrogen-bond donors (Lipinski definition) is 2. The Bertz CT molecular complexity index is 1900. The third-order valence-corrected chi connectivity index (χ3v) is 11.4. The summed E-state index contributed by atoms with van der Waals surface area (Å²) in [6, 6.07) is 21.1. The molecule has 3 amide bonds. The lowest BCUT2D eigenvalue weighted by atomic mass is 9.95. The minimum atomic E-state index is -0.245. The van der Waals surface area contributed by atoms with Crippen molar-refractivity contribution in [2.75, 3.05) is 72.3 Å². The first-order valence-electron chi connectivity index (χ1n) is 20.3. The van der Waals surface area contributed by atoms with E-state index in [1.54, 1.807) is 36.3 Å². The Morgan fingerprint density at radius 1 is 0.839 bits per heavy atom. The van der Waals surface area contributed by atoms with Crippen LogP contribution in [-0.2, 0) is 17.9 Å². The highest BCUT2D eigenvalue weighted by Gasteiger charge is 2.34. The molecule has 1 aliphatic carbocycles. The van der Waals surface area contributed by atoms with Crippen LogP contribution in [0, 0.1) is 5.92 Å². The molecule has 0 bridgehead atoms. The molecule has 0 spiro atoms. The van der Waals surface area contributed by atoms with Crippen molar-refractivity contribution in [3.63, 3.8) is 0 Å². The summed E-state index contributed by atoms with van der Waals surface area (Å²) in [5, 5.41) is 6.26. The number of nitrogens with one attached hydrogen (secondary N) is 2. The highest BCUT2D eigenvalue weighted by atomic mass is 16.5. The number of aromatic nitrogens is 2. The summed E-state index contributed by atoms with van der Waals surface area (Å²) < 4.78 is 11.0. The van der Waals surface area contributed by atoms with E-state index >= 15 is 0 Å². The van der Waals surface area contributed by atoms with Gasteiger partial charge in [0.15, 0.2) is 0 Å². The number of amides is 3. The SMILES string of the molecule is CCC(=O)Nc1ccc(CN2C(=O)N(c3cc(OC)cc(OC)c3)Cc3cnc(Nc4ccc(N5CCN(CCCC6CCCCCC6)CC5)cc4)nc32)cc1. The number of carbonyl (C=O) groups is 2. The van der Waals surface area contributed by atoms with Gasteiger partial charge in [0.25, 0.3) is 0 Å². The first-order chi connectivity index (χ1) is 27.4. The number of anilines is 6. The van der Waals surface area contributed by atoms with Crippen LogP contribution >= 0.6 is 0 Å². The molecule has 0 unspecified atom stereocenters. The third-order valence-electron chi connectivity index (χ3n) is 11.4. The van der Waals surface area contributed by atoms with Gasteiger partial charge in [-0.2, -0.15) is 4.98 Å². The van der Waals surface area contributed by atoms with Gasteiger partial charge in [0, 0.05) is 79.6 Å². The van der Waals surface area contributed by atoms with Gasteiger partial charge in [0.05, 0.1) is 33.0 Å². The molecule has 1 aromatic heterocycles. The third kappa shape index (κ3) is 9.71. The molecule has 56 heavy (non-hydrogen) atoms. The maximum atomic E-state index is 14.4. The Hall–Kier alpha value is -5.36. The van der Waals surface area contributed by atoms with Gasteiger partial charge in [-0.3, -0.25) is 19.5 Å². The standard InChI is InChI=1S/C44H56N8O4/c1-4-41(53)46-35-15-13-33(14-16-35)30-52-42-34(31-51(44(52)54)38-26-39(55-2)28-40(27-38)56-3)29-45-43(48-42)47-36-17-19-37(20-18-36)50-24-22-49(23-25-50)21-9-12-32-10-7-5-6-8-11-32/h13-20,26-29,32H,4-12,21-25,30-31H2,1-3H3,(H,46,53)(H,45,47,48). The number of benzene rings is 3. The van der Waals surface area contributed by atoms with Crippen LogP contribution in [0.5, 0.6) is 11.5 Å². The van der Waals surface area contributed by atoms with Gasteiger partial charge < -0.3 is 25.0 Å². The number of nitrogens with zero attached hydrogens (tertiary/aromatic N) is 6. The Morgan fingerprint density at radius 2 is 1.52 bits per heavy atom. The molecule has 3 aromatic carbocycles. The van der Waals surface area contributed by atoms with Crippen LogP contribution in [-0.4, -0.2) is 73.7 Å². The largest absolute Gasteiger partial charge is 0.497 e. The normalized spacial score (nSPS) is 16.6. The fourth-order valence-corrected chi connectivity index (χ4v) is 8.07. The van der Waals surface area contributed by atoms with E-state index in [-0.39, 0.29) is 25.0 Å². The minimum Gasteiger partial charge on any atom is -0.497 e. The van der Waals surface area contributed by atoms with Gasteiger partial charge >= 0.3 is 6.03 Å². The summed E-state index contributed by atoms with van der Waals surface area (Å²) in [5.74, 6) is 2.98. The molecular weight excluding hydrogens is 705 g/mol. The van der Waals surface area contributed by atoms with Gasteiger partial charge in [0.2, 0.25) is 11.9 Å². The van der Waals surface area contributed by atoms with E-state index in [0.29, 0.717) is 41.1 Å². The van der Waals surface area contributed by atoms with E-state index in [1.807, 2.05) is 43.3 Å². The van der Waals surface area contributed by atoms with Crippen molar-refractivity contribution in [1.82, 2.24) is 14.9 Å². The van der Waals surface area contributed by atoms with Crippen LogP contribution < -0.4 is 34.8 Å². The molecule has 1 saturated carbocycles. The fraction of sp³-hybridized carbons (Fsp3) is 0.455. The van der Waals surface area contributed by atoms with E-state index in [4.69, 9.17) is 14.5 Å². The number of urea groups is 1. The smallest absolute Gasteiger partial charge is 0.330 e. The van der Waals surface area contributed by atoms with Crippen LogP contribution in [0.3, 0.4) is 0 Å². The highest BCUT2D eigenvalue weighted by Crippen LogP contribution is 2.36. The average molecular weight is 761 g/mol. The molecule has 296 valence electrons. The Morgan fingerprint density at radius 3 is 2.18 bits per heavy atom. The quantitative estimate of drug-likeness (QED) is 0.122. The van der Waals surface area contributed by atoms with Gasteiger partial charge in [-0.15, -0.1) is 0 Å². The second-order valence-corrected chi connectivity index (χ2v) is 15.2. The first kappa shape index (κ1) is 38.9. The molecule has 0 radical (unpaired) electrons. The van der Waals surface area contributed by atoms with Crippen LogP contribution in [0.2, 0.25) is 0 Å². The van der Waals surface area contributed by atoms with Gasteiger partial charge in [0.1, 0.15) is 17.3 Å². The lowest BCUT2D eigenvalue weighted by Gasteiger charge is -2.36. The molecule has 3 heterocycles. The zero-order chi connectivity index (χ0) is 38.9. The van der Waals surface area contributed by atoms with Crippen LogP contribution in [0.1, 0.15) is 75.8 Å². The van der Waals surface area contributed by atoms with Crippen LogP contribution in [0.25, 0.3) is 0 Å². The van der Waals surface area contributed by atoms with E-state index in [2.05, 4.69) is 49.7 Å². The second-order valence-electron chi connectivity index (χ2n) is 15.2. The van der Waals surface area contributed by atoms with Crippen molar-refractivity contribution in [2.24, 2.45) is 5.92 Å². The summed E-state index contributed by atoms with van der Waals surface area (Å²) in [7, 11) is 3.17. The predicted octanol–water partition coefficient (Wildman–Crippen LogP) is 8.61. The van der Waals surface area contributed by atoms with Crippen LogP contribution in [0.15, 0.2) is 72.9 Å². The maximum absolute atomic E-state index is 14.4. The molecule has 1 saturated heterocycles. The molecule has 4 aromatic rings. The van der Waals surface area contributed by atoms with Crippen molar-refractivity contribution < 1.29 is 19.1 Å². The first-order valence-corrected chi connectivity index (χ1v) is 20.3. The molecule has 12 heteroatoms. The van der Waals surface area contributed by atoms with Crippen molar-refractivity contribution in [3.8, 4) is 11.5 Å². The second kappa shape index (κ2) is 18.5. The summed E-state index contributed by atoms with van der Waals surface area (Å²) in [5.41, 5.74) is 5.09. The molecule has 2 fully saturated rings. The van der Waals surface area contributed by atoms with E-state index in [0.717, 1.165) is 48.9 Å². The van der Waals surface area contributed by atoms with Gasteiger partial charge in [-0.25, -0.2) is 9.78 Å². The zero-order valence-corrected chi connectivity index (χ0v) is 33.1. The minimum absolute atomic E-state index is 0.0582. The number of ether oxygens (including phenoxy) is 2. The number of rotatable bonds is 14. The molecule has 3 aliphatic rings. The van der Waals surface area contributed by atoms with E-state index in [1.165, 1.54) is 63.6 Å². The monoisotopic (exact) mass is 760 g/mol. The number of piperazine rings is 1. The van der Waals surface area contributed by atoms with Crippen LogP contribution in [0.4, 0.5) is 39.3 Å². The Labute approximate surface area is 331 Å². The number of carbonyl (C=O) groups excluding carboxylic acids is 2. The van der Waals surface area contributed by atoms with Crippen molar-refractivity contribution >= 4 is 46.5 Å². The highest BCUT2D eigenvalue weighted by molar-refractivity contribution is 6.05. The van der Waals surface area contributed by atoms with E-state index in [9.17, 15) is 9.59 Å². The Kier molecular flexibility index (Phi) is 12.9. The summed E-state index contributed by atoms with van der Waals surface area (Å²) >= 11 is 0. The lowest BCUT2D eigenvalue weighted by molar-refractivity contribution is -0.115. The summed E-state index contributed by atoms with van der Waals surface area (Å²) in [6.45, 7) is 7.82. The van der Waals surface area contributed by atoms with Crippen molar-refractivity contribution in [2.45, 2.75) is 77.8 Å². The van der Waals surface area contributed by atoms with Gasteiger partial charge in [-0.05, 0) is 67.3 Å². The molecule has 7 rings (SSSR count).